The minimum Gasteiger partial charge on any atom is -0.299 e. The van der Waals surface area contributed by atoms with E-state index >= 15 is 0 Å². The van der Waals surface area contributed by atoms with Crippen molar-refractivity contribution in [3.8, 4) is 0 Å². The molecule has 0 N–H and O–H groups in total. The first-order valence-corrected chi connectivity index (χ1v) is 6.49. The Hall–Kier alpha value is -0.590. The minimum atomic E-state index is 0.409. The van der Waals surface area contributed by atoms with Gasteiger partial charge in [-0.05, 0) is 36.5 Å². The molecule has 3 aliphatic carbocycles. The van der Waals surface area contributed by atoms with Crippen LogP contribution in [0.5, 0.6) is 0 Å². The summed E-state index contributed by atoms with van der Waals surface area (Å²) in [5.74, 6) is 2.34. The molecule has 2 saturated carbocycles. The first-order valence-electron chi connectivity index (χ1n) is 6.49. The third kappa shape index (κ3) is 1.12. The van der Waals surface area contributed by atoms with Crippen LogP contribution in [0.4, 0.5) is 0 Å². The molecule has 0 spiro atoms. The molecule has 4 atom stereocenters. The molecule has 0 heterocycles. The highest BCUT2D eigenvalue weighted by Crippen LogP contribution is 2.64. The molecule has 0 aromatic carbocycles. The standard InChI is InChI=1S/C14H20O/c1-2-3-7-14-8-6-12(15)13(14)10-4-5-11(14)9-10/h4-5,10-11,13H,2-3,6-9H2,1H3/t10-,11+,13+,14+/m1/s1. The van der Waals surface area contributed by atoms with Crippen molar-refractivity contribution in [1.82, 2.24) is 0 Å². The number of rotatable bonds is 3. The zero-order chi connectivity index (χ0) is 10.5. The molecule has 0 unspecified atom stereocenters. The second kappa shape index (κ2) is 3.20. The lowest BCUT2D eigenvalue weighted by Crippen LogP contribution is -2.32. The third-order valence-corrected chi connectivity index (χ3v) is 5.08. The Bertz CT molecular complexity index is 317. The zero-order valence-electron chi connectivity index (χ0n) is 9.54. The van der Waals surface area contributed by atoms with Gasteiger partial charge in [-0.2, -0.15) is 0 Å². The van der Waals surface area contributed by atoms with Gasteiger partial charge < -0.3 is 0 Å². The van der Waals surface area contributed by atoms with Crippen LogP contribution in [0.25, 0.3) is 0 Å². The van der Waals surface area contributed by atoms with Gasteiger partial charge in [-0.3, -0.25) is 4.79 Å². The molecular formula is C14H20O. The predicted octanol–water partition coefficient (Wildman–Crippen LogP) is 3.35. The van der Waals surface area contributed by atoms with Crippen LogP contribution in [-0.4, -0.2) is 5.78 Å². The molecule has 0 aromatic heterocycles. The second-order valence-electron chi connectivity index (χ2n) is 5.67. The first-order chi connectivity index (χ1) is 7.28. The lowest BCUT2D eigenvalue weighted by Gasteiger charge is -2.36. The quantitative estimate of drug-likeness (QED) is 0.644. The van der Waals surface area contributed by atoms with Gasteiger partial charge in [-0.15, -0.1) is 0 Å². The average molecular weight is 204 g/mol. The molecule has 2 fully saturated rings. The summed E-state index contributed by atoms with van der Waals surface area (Å²) in [5, 5.41) is 0. The largest absolute Gasteiger partial charge is 0.299 e. The highest BCUT2D eigenvalue weighted by atomic mass is 16.1. The molecule has 0 amide bonds. The van der Waals surface area contributed by atoms with E-state index in [1.54, 1.807) is 0 Å². The van der Waals surface area contributed by atoms with Crippen molar-refractivity contribution in [2.75, 3.05) is 0 Å². The van der Waals surface area contributed by atoms with Gasteiger partial charge in [0, 0.05) is 12.3 Å². The van der Waals surface area contributed by atoms with Crippen LogP contribution in [0.1, 0.15) is 45.4 Å². The molecule has 0 aromatic rings. The number of hydrogen-bond acceptors (Lipinski definition) is 1. The van der Waals surface area contributed by atoms with Gasteiger partial charge >= 0.3 is 0 Å². The molecule has 0 saturated heterocycles. The lowest BCUT2D eigenvalue weighted by molar-refractivity contribution is -0.122. The summed E-state index contributed by atoms with van der Waals surface area (Å²) in [6, 6.07) is 0. The molecular weight excluding hydrogens is 184 g/mol. The molecule has 2 bridgehead atoms. The minimum absolute atomic E-state index is 0.409. The molecule has 82 valence electrons. The topological polar surface area (TPSA) is 17.1 Å². The van der Waals surface area contributed by atoms with Gasteiger partial charge in [0.25, 0.3) is 0 Å². The van der Waals surface area contributed by atoms with Crippen molar-refractivity contribution in [2.24, 2.45) is 23.2 Å². The van der Waals surface area contributed by atoms with Crippen LogP contribution in [0.3, 0.4) is 0 Å². The summed E-state index contributed by atoms with van der Waals surface area (Å²) in [5.41, 5.74) is 0.409. The molecule has 1 heteroatoms. The fraction of sp³-hybridized carbons (Fsp3) is 0.786. The fourth-order valence-electron chi connectivity index (χ4n) is 4.44. The third-order valence-electron chi connectivity index (χ3n) is 5.08. The van der Waals surface area contributed by atoms with Gasteiger partial charge in [0.2, 0.25) is 0 Å². The Balaban J connectivity index is 1.91. The van der Waals surface area contributed by atoms with Gasteiger partial charge in [0.1, 0.15) is 5.78 Å². The van der Waals surface area contributed by atoms with Crippen molar-refractivity contribution < 1.29 is 4.79 Å². The number of carbonyl (C=O) groups is 1. The Kier molecular flexibility index (Phi) is 2.05. The summed E-state index contributed by atoms with van der Waals surface area (Å²) >= 11 is 0. The van der Waals surface area contributed by atoms with Crippen molar-refractivity contribution in [1.29, 1.82) is 0 Å². The van der Waals surface area contributed by atoms with Crippen LogP contribution >= 0.6 is 0 Å². The number of ketones is 1. The Morgan fingerprint density at radius 1 is 1.47 bits per heavy atom. The van der Waals surface area contributed by atoms with E-state index in [0.717, 1.165) is 12.3 Å². The van der Waals surface area contributed by atoms with Gasteiger partial charge in [-0.1, -0.05) is 31.9 Å². The van der Waals surface area contributed by atoms with E-state index in [4.69, 9.17) is 0 Å². The molecule has 1 nitrogen and oxygen atoms in total. The number of Topliss-reactive ketones (excluding diaryl/α,β-unsaturated/α-hetero) is 1. The number of carbonyl (C=O) groups excluding carboxylic acids is 1. The van der Waals surface area contributed by atoms with E-state index < -0.39 is 0 Å². The van der Waals surface area contributed by atoms with E-state index in [9.17, 15) is 4.79 Å². The van der Waals surface area contributed by atoms with E-state index in [-0.39, 0.29) is 0 Å². The monoisotopic (exact) mass is 204 g/mol. The van der Waals surface area contributed by atoms with Crippen molar-refractivity contribution in [2.45, 2.75) is 45.4 Å². The lowest BCUT2D eigenvalue weighted by atomic mass is 9.67. The molecule has 3 aliphatic rings. The van der Waals surface area contributed by atoms with Gasteiger partial charge in [0.05, 0.1) is 0 Å². The summed E-state index contributed by atoms with van der Waals surface area (Å²) in [4.78, 5) is 12.0. The maximum atomic E-state index is 12.0. The summed E-state index contributed by atoms with van der Waals surface area (Å²) < 4.78 is 0. The van der Waals surface area contributed by atoms with Crippen molar-refractivity contribution in [3.05, 3.63) is 12.2 Å². The highest BCUT2D eigenvalue weighted by Gasteiger charge is 2.60. The van der Waals surface area contributed by atoms with Crippen LogP contribution in [0.2, 0.25) is 0 Å². The maximum Gasteiger partial charge on any atom is 0.137 e. The van der Waals surface area contributed by atoms with E-state index in [0.29, 0.717) is 23.0 Å². The Morgan fingerprint density at radius 3 is 3.13 bits per heavy atom. The Morgan fingerprint density at radius 2 is 2.33 bits per heavy atom. The number of fused-ring (bicyclic) bond motifs is 5. The maximum absolute atomic E-state index is 12.0. The van der Waals surface area contributed by atoms with Crippen LogP contribution in [0, 0.1) is 23.2 Å². The van der Waals surface area contributed by atoms with Crippen LogP contribution < -0.4 is 0 Å². The van der Waals surface area contributed by atoms with E-state index in [2.05, 4.69) is 19.1 Å². The summed E-state index contributed by atoms with van der Waals surface area (Å²) in [6.45, 7) is 2.26. The number of unbranched alkanes of at least 4 members (excludes halogenated alkanes) is 1. The van der Waals surface area contributed by atoms with E-state index in [1.807, 2.05) is 0 Å². The first kappa shape index (κ1) is 9.62. The number of allylic oxidation sites excluding steroid dienone is 2. The van der Waals surface area contributed by atoms with Gasteiger partial charge in [0.15, 0.2) is 0 Å². The SMILES string of the molecule is CCCC[C@@]12CCC(=O)[C@@H]1[C@@H]1C=C[C@H]2C1. The number of hydrogen-bond donors (Lipinski definition) is 0. The zero-order valence-corrected chi connectivity index (χ0v) is 9.54. The smallest absolute Gasteiger partial charge is 0.137 e. The van der Waals surface area contributed by atoms with Crippen LogP contribution in [-0.2, 0) is 4.79 Å². The molecule has 0 radical (unpaired) electrons. The second-order valence-corrected chi connectivity index (χ2v) is 5.67. The normalized spacial score (nSPS) is 46.5. The van der Waals surface area contributed by atoms with Crippen molar-refractivity contribution >= 4 is 5.78 Å². The van der Waals surface area contributed by atoms with E-state index in [1.165, 1.54) is 32.1 Å². The van der Waals surface area contributed by atoms with Crippen LogP contribution in [0.15, 0.2) is 12.2 Å². The average Bonchev–Trinajstić information content (AvgIpc) is 2.88. The summed E-state index contributed by atoms with van der Waals surface area (Å²) in [6.07, 6.45) is 11.9. The van der Waals surface area contributed by atoms with Gasteiger partial charge in [-0.25, -0.2) is 0 Å². The molecule has 3 rings (SSSR count). The molecule has 15 heavy (non-hydrogen) atoms. The van der Waals surface area contributed by atoms with Crippen molar-refractivity contribution in [3.63, 3.8) is 0 Å². The summed E-state index contributed by atoms with van der Waals surface area (Å²) in [7, 11) is 0. The predicted molar refractivity (Wildman–Crippen MR) is 60.4 cm³/mol. The fourth-order valence-corrected chi connectivity index (χ4v) is 4.44. The highest BCUT2D eigenvalue weighted by molar-refractivity contribution is 5.85. The molecule has 0 aliphatic heterocycles. The Labute approximate surface area is 91.9 Å².